The molecular formula is C10H8F2N2O2. The van der Waals surface area contributed by atoms with Crippen LogP contribution in [0.15, 0.2) is 12.1 Å². The van der Waals surface area contributed by atoms with Crippen molar-refractivity contribution in [1.82, 2.24) is 0 Å². The van der Waals surface area contributed by atoms with Crippen molar-refractivity contribution < 1.29 is 18.7 Å². The van der Waals surface area contributed by atoms with Crippen molar-refractivity contribution in [3.05, 3.63) is 34.4 Å². The molecule has 1 aromatic rings. The van der Waals surface area contributed by atoms with Crippen LogP contribution in [0.4, 0.5) is 8.78 Å². The van der Waals surface area contributed by atoms with Gasteiger partial charge in [-0.2, -0.15) is 5.26 Å². The summed E-state index contributed by atoms with van der Waals surface area (Å²) in [5, 5.41) is 17.4. The van der Waals surface area contributed by atoms with Gasteiger partial charge in [-0.1, -0.05) is 0 Å². The third-order valence-electron chi connectivity index (χ3n) is 2.09. The van der Waals surface area contributed by atoms with Crippen molar-refractivity contribution in [2.45, 2.75) is 13.0 Å². The molecular weight excluding hydrogens is 218 g/mol. The molecule has 0 unspecified atom stereocenters. The molecule has 1 aromatic carbocycles. The van der Waals surface area contributed by atoms with E-state index in [1.54, 1.807) is 6.07 Å². The van der Waals surface area contributed by atoms with E-state index < -0.39 is 23.5 Å². The second-order valence-corrected chi connectivity index (χ2v) is 3.02. The number of rotatable bonds is 3. The van der Waals surface area contributed by atoms with Crippen molar-refractivity contribution in [1.29, 1.82) is 5.26 Å². The van der Waals surface area contributed by atoms with Crippen LogP contribution in [0.3, 0.4) is 0 Å². The number of nitriles is 1. The molecule has 4 nitrogen and oxygen atoms in total. The summed E-state index contributed by atoms with van der Waals surface area (Å²) < 4.78 is 25.1. The number of carboxylic acids is 1. The van der Waals surface area contributed by atoms with Crippen molar-refractivity contribution >= 4 is 5.97 Å². The van der Waals surface area contributed by atoms with Gasteiger partial charge < -0.3 is 10.8 Å². The number of alkyl halides is 2. The molecule has 0 aromatic heterocycles. The first-order chi connectivity index (χ1) is 7.51. The lowest BCUT2D eigenvalue weighted by atomic mass is 9.99. The van der Waals surface area contributed by atoms with E-state index in [4.69, 9.17) is 16.1 Å². The molecule has 0 heterocycles. The van der Waals surface area contributed by atoms with Crippen molar-refractivity contribution in [3.63, 3.8) is 0 Å². The fourth-order valence-corrected chi connectivity index (χ4v) is 1.31. The van der Waals surface area contributed by atoms with Crippen LogP contribution in [0, 0.1) is 11.3 Å². The Bertz CT molecular complexity index is 467. The summed E-state index contributed by atoms with van der Waals surface area (Å²) in [6.07, 6.45) is -2.82. The van der Waals surface area contributed by atoms with Gasteiger partial charge in [0.05, 0.1) is 11.1 Å². The van der Waals surface area contributed by atoms with E-state index in [-0.39, 0.29) is 17.7 Å². The minimum Gasteiger partial charge on any atom is -0.478 e. The minimum atomic E-state index is -2.82. The molecule has 0 atom stereocenters. The van der Waals surface area contributed by atoms with E-state index in [0.717, 1.165) is 12.1 Å². The molecule has 3 N–H and O–H groups in total. The molecule has 0 saturated heterocycles. The number of nitrogens with two attached hydrogens (primary N) is 1. The summed E-state index contributed by atoms with van der Waals surface area (Å²) >= 11 is 0. The van der Waals surface area contributed by atoms with E-state index in [1.165, 1.54) is 0 Å². The second kappa shape index (κ2) is 4.68. The van der Waals surface area contributed by atoms with Crippen molar-refractivity contribution in [2.75, 3.05) is 0 Å². The molecule has 6 heteroatoms. The van der Waals surface area contributed by atoms with Gasteiger partial charge in [0.2, 0.25) is 0 Å². The molecule has 0 bridgehead atoms. The summed E-state index contributed by atoms with van der Waals surface area (Å²) in [5.41, 5.74) is 4.28. The van der Waals surface area contributed by atoms with E-state index >= 15 is 0 Å². The summed E-state index contributed by atoms with van der Waals surface area (Å²) in [6.45, 7) is -0.172. The first kappa shape index (κ1) is 12.1. The first-order valence-corrected chi connectivity index (χ1v) is 4.29. The van der Waals surface area contributed by atoms with Crippen LogP contribution >= 0.6 is 0 Å². The van der Waals surface area contributed by atoms with Gasteiger partial charge in [0.15, 0.2) is 0 Å². The van der Waals surface area contributed by atoms with Crippen LogP contribution in [0.5, 0.6) is 0 Å². The average molecular weight is 226 g/mol. The SMILES string of the molecule is N#Cc1cc(CN)c(C(F)F)cc1C(=O)O. The average Bonchev–Trinajstić information content (AvgIpc) is 2.26. The minimum absolute atomic E-state index is 0.0801. The third-order valence-corrected chi connectivity index (χ3v) is 2.09. The fourth-order valence-electron chi connectivity index (χ4n) is 1.31. The largest absolute Gasteiger partial charge is 0.478 e. The van der Waals surface area contributed by atoms with Crippen LogP contribution in [-0.4, -0.2) is 11.1 Å². The highest BCUT2D eigenvalue weighted by molar-refractivity contribution is 5.91. The van der Waals surface area contributed by atoms with Crippen LogP contribution < -0.4 is 5.73 Å². The number of aromatic carboxylic acids is 1. The summed E-state index contributed by atoms with van der Waals surface area (Å²) in [7, 11) is 0. The third kappa shape index (κ3) is 2.15. The van der Waals surface area contributed by atoms with Gasteiger partial charge in [0.25, 0.3) is 6.43 Å². The fraction of sp³-hybridized carbons (Fsp3) is 0.200. The van der Waals surface area contributed by atoms with Gasteiger partial charge >= 0.3 is 5.97 Å². The highest BCUT2D eigenvalue weighted by Gasteiger charge is 2.19. The molecule has 0 aliphatic carbocycles. The number of nitrogens with zero attached hydrogens (tertiary/aromatic N) is 1. The van der Waals surface area contributed by atoms with E-state index in [1.807, 2.05) is 0 Å². The topological polar surface area (TPSA) is 87.1 Å². The lowest BCUT2D eigenvalue weighted by Crippen LogP contribution is -2.08. The van der Waals surface area contributed by atoms with Crippen molar-refractivity contribution in [3.8, 4) is 6.07 Å². The van der Waals surface area contributed by atoms with Gasteiger partial charge in [-0.15, -0.1) is 0 Å². The van der Waals surface area contributed by atoms with Gasteiger partial charge in [-0.25, -0.2) is 13.6 Å². The molecule has 84 valence electrons. The molecule has 0 fully saturated rings. The standard InChI is InChI=1S/C10H8F2N2O2/c11-9(12)7-2-8(10(15)16)6(4-14)1-5(7)3-13/h1-2,9H,3,13H2,(H,15,16). The van der Waals surface area contributed by atoms with Crippen LogP contribution in [0.1, 0.15) is 33.5 Å². The first-order valence-electron chi connectivity index (χ1n) is 4.29. The number of carboxylic acid groups (broad SMARTS) is 1. The van der Waals surface area contributed by atoms with Gasteiger partial charge in [-0.05, 0) is 17.7 Å². The van der Waals surface area contributed by atoms with E-state index in [9.17, 15) is 13.6 Å². The van der Waals surface area contributed by atoms with Crippen LogP contribution in [-0.2, 0) is 6.54 Å². The summed E-state index contributed by atoms with van der Waals surface area (Å²) in [6, 6.07) is 3.52. The number of benzene rings is 1. The van der Waals surface area contributed by atoms with Gasteiger partial charge in [0.1, 0.15) is 6.07 Å². The van der Waals surface area contributed by atoms with Crippen molar-refractivity contribution in [2.24, 2.45) is 5.73 Å². The molecule has 0 saturated carbocycles. The Kier molecular flexibility index (Phi) is 3.53. The maximum Gasteiger partial charge on any atom is 0.337 e. The molecule has 16 heavy (non-hydrogen) atoms. The zero-order valence-electron chi connectivity index (χ0n) is 8.08. The van der Waals surface area contributed by atoms with Gasteiger partial charge in [0, 0.05) is 12.1 Å². The smallest absolute Gasteiger partial charge is 0.337 e. The predicted molar refractivity (Wildman–Crippen MR) is 51.0 cm³/mol. The van der Waals surface area contributed by atoms with E-state index in [2.05, 4.69) is 0 Å². The van der Waals surface area contributed by atoms with E-state index in [0.29, 0.717) is 0 Å². The Morgan fingerprint density at radius 1 is 1.56 bits per heavy atom. The maximum atomic E-state index is 12.6. The Morgan fingerprint density at radius 3 is 2.56 bits per heavy atom. The highest BCUT2D eigenvalue weighted by Crippen LogP contribution is 2.26. The molecule has 1 rings (SSSR count). The second-order valence-electron chi connectivity index (χ2n) is 3.02. The van der Waals surface area contributed by atoms with Gasteiger partial charge in [-0.3, -0.25) is 0 Å². The number of hydrogen-bond acceptors (Lipinski definition) is 3. The molecule has 0 aliphatic rings. The maximum absolute atomic E-state index is 12.6. The zero-order valence-corrected chi connectivity index (χ0v) is 8.08. The lowest BCUT2D eigenvalue weighted by molar-refractivity contribution is 0.0696. The molecule has 0 aliphatic heterocycles. The number of hydrogen-bond donors (Lipinski definition) is 2. The zero-order chi connectivity index (χ0) is 12.3. The molecule has 0 amide bonds. The summed E-state index contributed by atoms with van der Waals surface area (Å²) in [5.74, 6) is -1.41. The monoisotopic (exact) mass is 226 g/mol. The lowest BCUT2D eigenvalue weighted by Gasteiger charge is -2.09. The predicted octanol–water partition coefficient (Wildman–Crippen LogP) is 1.65. The Hall–Kier alpha value is -2.00. The highest BCUT2D eigenvalue weighted by atomic mass is 19.3. The number of halogens is 2. The van der Waals surface area contributed by atoms with Crippen LogP contribution in [0.25, 0.3) is 0 Å². The summed E-state index contributed by atoms with van der Waals surface area (Å²) in [4.78, 5) is 10.7. The number of carbonyl (C=O) groups is 1. The Balaban J connectivity index is 3.48. The molecule has 0 radical (unpaired) electrons. The Labute approximate surface area is 89.9 Å². The normalized spacial score (nSPS) is 10.2. The quantitative estimate of drug-likeness (QED) is 0.820. The Morgan fingerprint density at radius 2 is 2.19 bits per heavy atom. The van der Waals surface area contributed by atoms with Crippen LogP contribution in [0.2, 0.25) is 0 Å². The molecule has 0 spiro atoms.